The fourth-order valence-corrected chi connectivity index (χ4v) is 3.69. The quantitative estimate of drug-likeness (QED) is 0.174. The van der Waals surface area contributed by atoms with Gasteiger partial charge in [0.2, 0.25) is 0 Å². The second-order valence-electron chi connectivity index (χ2n) is 4.62. The Kier molecular flexibility index (Phi) is 19.0. The molecule has 13 heteroatoms. The van der Waals surface area contributed by atoms with Gasteiger partial charge in [-0.1, -0.05) is 19.8 Å². The molecule has 0 aliphatic rings. The van der Waals surface area contributed by atoms with Gasteiger partial charge in [-0.2, -0.15) is 0 Å². The van der Waals surface area contributed by atoms with Crippen molar-refractivity contribution in [3.05, 3.63) is 0 Å². The first-order valence-corrected chi connectivity index (χ1v) is 9.20. The Hall–Kier alpha value is 1.95. The van der Waals surface area contributed by atoms with Crippen LogP contribution in [0.1, 0.15) is 32.6 Å². The summed E-state index contributed by atoms with van der Waals surface area (Å²) < 4.78 is 22.2. The number of aliphatic hydroxyl groups is 1. The Bertz CT molecular complexity index is 355. The van der Waals surface area contributed by atoms with Crippen molar-refractivity contribution in [2.45, 2.75) is 37.7 Å². The van der Waals surface area contributed by atoms with Gasteiger partial charge in [0.05, 0.1) is 0 Å². The molecular weight excluding hydrogens is 359 g/mol. The van der Waals surface area contributed by atoms with Gasteiger partial charge < -0.3 is 35.1 Å². The van der Waals surface area contributed by atoms with E-state index >= 15 is 0 Å². The summed E-state index contributed by atoms with van der Waals surface area (Å²) in [5, 5.41) is 6.35. The Morgan fingerprint density at radius 1 is 1.00 bits per heavy atom. The van der Waals surface area contributed by atoms with Crippen LogP contribution in [0.5, 0.6) is 0 Å². The molecule has 0 saturated carbocycles. The van der Waals surface area contributed by atoms with Crippen molar-refractivity contribution in [1.29, 1.82) is 0 Å². The van der Waals surface area contributed by atoms with Crippen LogP contribution in [-0.2, 0) is 9.13 Å². The van der Waals surface area contributed by atoms with Gasteiger partial charge >= 0.3 is 67.8 Å². The summed E-state index contributed by atoms with van der Waals surface area (Å²) in [6, 6.07) is 0. The van der Waals surface area contributed by atoms with Crippen LogP contribution in [0.25, 0.3) is 0 Å². The van der Waals surface area contributed by atoms with Crippen molar-refractivity contribution >= 4 is 67.8 Å². The molecule has 7 N–H and O–H groups in total. The van der Waals surface area contributed by atoms with Gasteiger partial charge in [-0.15, -0.1) is 0 Å². The van der Waals surface area contributed by atoms with Crippen LogP contribution in [0.4, 0.5) is 0 Å². The molecule has 0 aromatic heterocycles. The first-order valence-electron chi connectivity index (χ1n) is 5.98. The number of nitrogens with zero attached hydrogens (tertiary/aromatic N) is 1. The monoisotopic (exact) mass is 387 g/mol. The van der Waals surface area contributed by atoms with E-state index < -0.39 is 26.7 Å². The van der Waals surface area contributed by atoms with Crippen molar-refractivity contribution in [2.75, 3.05) is 20.1 Å². The zero-order chi connectivity index (χ0) is 15.3. The average Bonchev–Trinajstić information content (AvgIpc) is 2.23. The van der Waals surface area contributed by atoms with E-state index in [2.05, 4.69) is 0 Å². The summed E-state index contributed by atoms with van der Waals surface area (Å²) >= 11 is 0. The summed E-state index contributed by atoms with van der Waals surface area (Å²) in [6.45, 7) is 2.64. The van der Waals surface area contributed by atoms with Crippen LogP contribution in [-0.4, -0.2) is 113 Å². The molecule has 0 saturated heterocycles. The molecule has 9 nitrogen and oxygen atoms in total. The van der Waals surface area contributed by atoms with E-state index in [-0.39, 0.29) is 64.6 Å². The van der Waals surface area contributed by atoms with E-state index in [1.807, 2.05) is 6.92 Å². The molecule has 0 aromatic carbocycles. The number of hydrogen-bond donors (Lipinski definition) is 5. The zero-order valence-electron chi connectivity index (χ0n) is 11.6. The Morgan fingerprint density at radius 2 is 1.41 bits per heavy atom. The predicted octanol–water partition coefficient (Wildman–Crippen LogP) is -1.89. The van der Waals surface area contributed by atoms with E-state index in [9.17, 15) is 14.2 Å². The summed E-state index contributed by atoms with van der Waals surface area (Å²) in [5.74, 6) is 0. The average molecular weight is 388 g/mol. The van der Waals surface area contributed by atoms with E-state index in [0.717, 1.165) is 19.3 Å². The van der Waals surface area contributed by atoms with Crippen LogP contribution < -0.4 is 0 Å². The van der Waals surface area contributed by atoms with E-state index in [4.69, 9.17) is 19.6 Å². The van der Waals surface area contributed by atoms with Gasteiger partial charge in [0.25, 0.3) is 5.08 Å². The minimum atomic E-state index is -5.33. The molecule has 0 heterocycles. The molecular formula is C9H28MgNNaO8P2. The first kappa shape index (κ1) is 31.7. The minimum absolute atomic E-state index is 0. The third-order valence-corrected chi connectivity index (χ3v) is 6.78. The van der Waals surface area contributed by atoms with E-state index in [1.165, 1.54) is 0 Å². The SMILES string of the molecule is CCCCCN(C)CCC(O)(P(=O)(O)O)P(=O)(O)O.O.[MgH2].[NaH]. The summed E-state index contributed by atoms with van der Waals surface area (Å²) in [4.78, 5) is 37.5. The second kappa shape index (κ2) is 13.2. The topological polar surface area (TPSA) is 170 Å². The number of unbranched alkanes of at least 4 members (excludes halogenated alkanes) is 2. The molecule has 0 bridgehead atoms. The van der Waals surface area contributed by atoms with Crippen LogP contribution in [0, 0.1) is 0 Å². The summed E-state index contributed by atoms with van der Waals surface area (Å²) in [5.41, 5.74) is 0. The summed E-state index contributed by atoms with van der Waals surface area (Å²) in [6.07, 6.45) is 2.19. The Morgan fingerprint density at radius 3 is 1.73 bits per heavy atom. The van der Waals surface area contributed by atoms with E-state index in [1.54, 1.807) is 11.9 Å². The number of hydrogen-bond acceptors (Lipinski definition) is 4. The molecule has 0 radical (unpaired) electrons. The van der Waals surface area contributed by atoms with Gasteiger partial charge in [-0.3, -0.25) is 9.13 Å². The van der Waals surface area contributed by atoms with Gasteiger partial charge in [-0.05, 0) is 20.0 Å². The fraction of sp³-hybridized carbons (Fsp3) is 1.00. The standard InChI is InChI=1S/C9H23NO7P2.Mg.Na.H2O.3H/c1-3-4-5-7-10(2)8-6-9(11,18(12,13)14)19(15,16)17;;;;;;/h11H,3-8H2,1-2H3,(H2,12,13,14)(H2,15,16,17);;;1H2;;;. The Labute approximate surface area is 168 Å². The fourth-order valence-electron chi connectivity index (χ4n) is 1.55. The predicted molar refractivity (Wildman–Crippen MR) is 90.0 cm³/mol. The molecule has 0 rings (SSSR count). The third kappa shape index (κ3) is 10.1. The number of rotatable bonds is 9. The van der Waals surface area contributed by atoms with Gasteiger partial charge in [0.1, 0.15) is 0 Å². The summed E-state index contributed by atoms with van der Waals surface area (Å²) in [7, 11) is -9.00. The van der Waals surface area contributed by atoms with Gasteiger partial charge in [0.15, 0.2) is 0 Å². The molecule has 130 valence electrons. The van der Waals surface area contributed by atoms with Gasteiger partial charge in [0, 0.05) is 13.0 Å². The second-order valence-corrected chi connectivity index (χ2v) is 8.63. The molecule has 0 fully saturated rings. The molecule has 0 spiro atoms. The molecule has 22 heavy (non-hydrogen) atoms. The van der Waals surface area contributed by atoms with Crippen LogP contribution in [0.2, 0.25) is 0 Å². The zero-order valence-corrected chi connectivity index (χ0v) is 13.4. The van der Waals surface area contributed by atoms with Crippen LogP contribution in [0.15, 0.2) is 0 Å². The van der Waals surface area contributed by atoms with Crippen molar-refractivity contribution in [2.24, 2.45) is 0 Å². The van der Waals surface area contributed by atoms with Crippen LogP contribution >= 0.6 is 15.2 Å². The molecule has 0 aliphatic heterocycles. The van der Waals surface area contributed by atoms with Crippen molar-refractivity contribution in [3.63, 3.8) is 0 Å². The van der Waals surface area contributed by atoms with Crippen LogP contribution in [0.3, 0.4) is 0 Å². The molecule has 0 amide bonds. The Balaban J connectivity index is -0.000000540. The van der Waals surface area contributed by atoms with Crippen molar-refractivity contribution in [3.8, 4) is 0 Å². The molecule has 0 aliphatic carbocycles. The third-order valence-electron chi connectivity index (χ3n) is 2.91. The molecule has 0 unspecified atom stereocenters. The van der Waals surface area contributed by atoms with E-state index in [0.29, 0.717) is 6.54 Å². The van der Waals surface area contributed by atoms with Crippen molar-refractivity contribution < 1.29 is 39.3 Å². The first-order chi connectivity index (χ1) is 8.45. The maximum atomic E-state index is 11.1. The molecule has 0 atom stereocenters. The van der Waals surface area contributed by atoms with Gasteiger partial charge in [-0.25, -0.2) is 0 Å². The van der Waals surface area contributed by atoms with Crippen molar-refractivity contribution in [1.82, 2.24) is 4.90 Å². The maximum absolute atomic E-state index is 11.1. The normalized spacial score (nSPS) is 12.2. The molecule has 0 aromatic rings.